The Bertz CT molecular complexity index is 1150. The largest absolute Gasteiger partial charge is 0.384 e. The number of amides is 1. The van der Waals surface area contributed by atoms with Gasteiger partial charge in [-0.15, -0.1) is 0 Å². The number of fused-ring (bicyclic) bond motifs is 1. The van der Waals surface area contributed by atoms with Gasteiger partial charge in [-0.25, -0.2) is 0 Å². The molecule has 0 aliphatic carbocycles. The molecule has 0 unspecified atom stereocenters. The molecular weight excluding hydrogens is 388 g/mol. The van der Waals surface area contributed by atoms with Gasteiger partial charge >= 0.3 is 0 Å². The van der Waals surface area contributed by atoms with Crippen LogP contribution in [0, 0.1) is 10.8 Å². The van der Waals surface area contributed by atoms with Gasteiger partial charge in [-0.05, 0) is 34.0 Å². The lowest BCUT2D eigenvalue weighted by Gasteiger charge is -2.34. The molecule has 0 atom stereocenters. The fourth-order valence-corrected chi connectivity index (χ4v) is 3.89. The molecule has 7 nitrogen and oxygen atoms in total. The average molecular weight is 415 g/mol. The Balaban J connectivity index is 1.39. The van der Waals surface area contributed by atoms with Gasteiger partial charge < -0.3 is 16.4 Å². The lowest BCUT2D eigenvalue weighted by molar-refractivity contribution is -0.136. The van der Waals surface area contributed by atoms with Crippen LogP contribution in [0.15, 0.2) is 60.7 Å². The third-order valence-corrected chi connectivity index (χ3v) is 5.66. The van der Waals surface area contributed by atoms with Crippen molar-refractivity contribution in [3.05, 3.63) is 82.9 Å². The molecule has 4 rings (SSSR count). The molecule has 1 amide bonds. The Morgan fingerprint density at radius 2 is 1.42 bits per heavy atom. The van der Waals surface area contributed by atoms with E-state index in [4.69, 9.17) is 22.3 Å². The summed E-state index contributed by atoms with van der Waals surface area (Å²) in [6, 6.07) is 19.5. The summed E-state index contributed by atoms with van der Waals surface area (Å²) in [5.41, 5.74) is 14.7. The molecule has 0 radical (unpaired) electrons. The van der Waals surface area contributed by atoms with Crippen molar-refractivity contribution in [1.29, 1.82) is 10.8 Å². The zero-order chi connectivity index (χ0) is 22.0. The van der Waals surface area contributed by atoms with Gasteiger partial charge in [0.05, 0.1) is 6.54 Å². The SMILES string of the molecule is N=C(N)c1ccc(CN2CCN(Cc3ccc4ccc(C(=N)N)cc4c3)CC2=O)cc1. The molecule has 1 heterocycles. The second-order valence-electron chi connectivity index (χ2n) is 7.95. The van der Waals surface area contributed by atoms with Crippen LogP contribution in [0.25, 0.3) is 10.8 Å². The highest BCUT2D eigenvalue weighted by Crippen LogP contribution is 2.20. The molecule has 1 aliphatic heterocycles. The zero-order valence-corrected chi connectivity index (χ0v) is 17.3. The summed E-state index contributed by atoms with van der Waals surface area (Å²) in [7, 11) is 0. The van der Waals surface area contributed by atoms with Crippen molar-refractivity contribution in [1.82, 2.24) is 9.80 Å². The van der Waals surface area contributed by atoms with Gasteiger partial charge in [-0.2, -0.15) is 0 Å². The summed E-state index contributed by atoms with van der Waals surface area (Å²) in [6.45, 7) is 3.14. The number of nitrogen functional groups attached to an aromatic ring is 2. The molecule has 1 saturated heterocycles. The Morgan fingerprint density at radius 1 is 0.774 bits per heavy atom. The topological polar surface area (TPSA) is 123 Å². The number of carbonyl (C=O) groups is 1. The number of carbonyl (C=O) groups excluding carboxylic acids is 1. The second-order valence-corrected chi connectivity index (χ2v) is 7.95. The Hall–Kier alpha value is -3.71. The summed E-state index contributed by atoms with van der Waals surface area (Å²) in [4.78, 5) is 16.7. The monoisotopic (exact) mass is 414 g/mol. The number of nitrogens with zero attached hydrogens (tertiary/aromatic N) is 2. The summed E-state index contributed by atoms with van der Waals surface area (Å²) in [5, 5.41) is 17.3. The molecule has 1 aliphatic rings. The van der Waals surface area contributed by atoms with Crippen LogP contribution in [0.1, 0.15) is 22.3 Å². The van der Waals surface area contributed by atoms with Crippen LogP contribution < -0.4 is 11.5 Å². The minimum atomic E-state index is 0.0439. The van der Waals surface area contributed by atoms with E-state index >= 15 is 0 Å². The fourth-order valence-electron chi connectivity index (χ4n) is 3.89. The summed E-state index contributed by atoms with van der Waals surface area (Å²) in [6.07, 6.45) is 0. The van der Waals surface area contributed by atoms with Crippen molar-refractivity contribution in [3.8, 4) is 0 Å². The predicted molar refractivity (Wildman–Crippen MR) is 123 cm³/mol. The van der Waals surface area contributed by atoms with Crippen LogP contribution in [0.4, 0.5) is 0 Å². The number of rotatable bonds is 6. The van der Waals surface area contributed by atoms with E-state index in [0.717, 1.165) is 28.4 Å². The smallest absolute Gasteiger partial charge is 0.237 e. The maximum absolute atomic E-state index is 12.7. The third kappa shape index (κ3) is 4.73. The van der Waals surface area contributed by atoms with Crippen molar-refractivity contribution >= 4 is 28.4 Å². The first-order chi connectivity index (χ1) is 14.9. The van der Waals surface area contributed by atoms with Gasteiger partial charge in [0.1, 0.15) is 11.7 Å². The third-order valence-electron chi connectivity index (χ3n) is 5.66. The summed E-state index contributed by atoms with van der Waals surface area (Å²) < 4.78 is 0. The quantitative estimate of drug-likeness (QED) is 0.365. The number of piperazine rings is 1. The predicted octanol–water partition coefficient (Wildman–Crippen LogP) is 2.25. The zero-order valence-electron chi connectivity index (χ0n) is 17.3. The van der Waals surface area contributed by atoms with Crippen LogP contribution >= 0.6 is 0 Å². The van der Waals surface area contributed by atoms with E-state index in [2.05, 4.69) is 23.1 Å². The maximum Gasteiger partial charge on any atom is 0.237 e. The van der Waals surface area contributed by atoms with Crippen molar-refractivity contribution in [2.24, 2.45) is 11.5 Å². The second kappa shape index (κ2) is 8.57. The average Bonchev–Trinajstić information content (AvgIpc) is 2.75. The van der Waals surface area contributed by atoms with E-state index in [1.165, 1.54) is 0 Å². The Kier molecular flexibility index (Phi) is 5.68. The highest BCUT2D eigenvalue weighted by Gasteiger charge is 2.24. The molecule has 6 N–H and O–H groups in total. The van der Waals surface area contributed by atoms with Crippen LogP contribution in [0.5, 0.6) is 0 Å². The number of nitrogens with two attached hydrogens (primary N) is 2. The van der Waals surface area contributed by atoms with Gasteiger partial charge in [0.2, 0.25) is 5.91 Å². The lowest BCUT2D eigenvalue weighted by atomic mass is 10.0. The normalized spacial score (nSPS) is 14.7. The van der Waals surface area contributed by atoms with Crippen LogP contribution in [0.3, 0.4) is 0 Å². The summed E-state index contributed by atoms with van der Waals surface area (Å²) >= 11 is 0. The van der Waals surface area contributed by atoms with E-state index in [-0.39, 0.29) is 17.6 Å². The van der Waals surface area contributed by atoms with Gasteiger partial charge in [0.15, 0.2) is 0 Å². The fraction of sp³-hybridized carbons (Fsp3) is 0.208. The number of hydrogen-bond acceptors (Lipinski definition) is 4. The molecular formula is C24H26N6O. The molecule has 0 aromatic heterocycles. The molecule has 3 aromatic rings. The van der Waals surface area contributed by atoms with E-state index in [9.17, 15) is 4.79 Å². The van der Waals surface area contributed by atoms with Crippen molar-refractivity contribution in [2.75, 3.05) is 19.6 Å². The molecule has 7 heteroatoms. The van der Waals surface area contributed by atoms with Crippen LogP contribution in [-0.4, -0.2) is 47.0 Å². The first kappa shape index (κ1) is 20.6. The van der Waals surface area contributed by atoms with E-state index in [0.29, 0.717) is 37.3 Å². The molecule has 0 bridgehead atoms. The highest BCUT2D eigenvalue weighted by molar-refractivity contribution is 5.99. The number of amidine groups is 2. The van der Waals surface area contributed by atoms with Crippen LogP contribution in [0.2, 0.25) is 0 Å². The Labute approximate surface area is 181 Å². The number of hydrogen-bond donors (Lipinski definition) is 4. The minimum absolute atomic E-state index is 0.0439. The first-order valence-electron chi connectivity index (χ1n) is 10.2. The molecule has 1 fully saturated rings. The van der Waals surface area contributed by atoms with E-state index < -0.39 is 0 Å². The molecule has 3 aromatic carbocycles. The molecule has 0 saturated carbocycles. The highest BCUT2D eigenvalue weighted by atomic mass is 16.2. The minimum Gasteiger partial charge on any atom is -0.384 e. The summed E-state index contributed by atoms with van der Waals surface area (Å²) in [5.74, 6) is 0.217. The molecule has 31 heavy (non-hydrogen) atoms. The Morgan fingerprint density at radius 3 is 2.10 bits per heavy atom. The van der Waals surface area contributed by atoms with Gasteiger partial charge in [0.25, 0.3) is 0 Å². The van der Waals surface area contributed by atoms with Gasteiger partial charge in [-0.1, -0.05) is 48.5 Å². The van der Waals surface area contributed by atoms with Crippen molar-refractivity contribution in [3.63, 3.8) is 0 Å². The van der Waals surface area contributed by atoms with Gasteiger partial charge in [-0.3, -0.25) is 20.5 Å². The van der Waals surface area contributed by atoms with Gasteiger partial charge in [0, 0.05) is 37.3 Å². The van der Waals surface area contributed by atoms with Crippen molar-refractivity contribution in [2.45, 2.75) is 13.1 Å². The lowest BCUT2D eigenvalue weighted by Crippen LogP contribution is -2.49. The van der Waals surface area contributed by atoms with E-state index in [1.807, 2.05) is 47.4 Å². The number of benzene rings is 3. The van der Waals surface area contributed by atoms with Crippen LogP contribution in [-0.2, 0) is 17.9 Å². The number of nitrogens with one attached hydrogen (secondary N) is 2. The first-order valence-corrected chi connectivity index (χ1v) is 10.2. The van der Waals surface area contributed by atoms with Crippen molar-refractivity contribution < 1.29 is 4.79 Å². The molecule has 158 valence electrons. The molecule has 0 spiro atoms. The van der Waals surface area contributed by atoms with E-state index in [1.54, 1.807) is 0 Å². The standard InChI is InChI=1S/C24H26N6O/c25-23(26)19-5-1-16(2-6-19)14-30-10-9-29(15-22(30)31)13-17-3-4-18-7-8-20(24(27)28)12-21(18)11-17/h1-8,11-12H,9-10,13-15H2,(H3,25,26)(H3,27,28). The maximum atomic E-state index is 12.7.